The van der Waals surface area contributed by atoms with Crippen LogP contribution in [0.25, 0.3) is 0 Å². The van der Waals surface area contributed by atoms with E-state index in [1.54, 1.807) is 12.1 Å². The SMILES string of the molecule is O=S(=O)(OF)OC1CCc2ccccc2O1. The van der Waals surface area contributed by atoms with Crippen LogP contribution in [-0.2, 0) is 25.4 Å². The molecule has 1 aliphatic rings. The van der Waals surface area contributed by atoms with Crippen molar-refractivity contribution >= 4 is 10.4 Å². The summed E-state index contributed by atoms with van der Waals surface area (Å²) in [5, 5.41) is 0. The third-order valence-electron chi connectivity index (χ3n) is 2.18. The van der Waals surface area contributed by atoms with Crippen LogP contribution in [0.5, 0.6) is 5.75 Å². The standard InChI is InChI=1S/C9H9FO5S/c10-15-16(11,12)14-9-6-5-7-3-1-2-4-8(7)13-9/h1-4,9H,5-6H2. The van der Waals surface area contributed by atoms with Gasteiger partial charge >= 0.3 is 10.4 Å². The number of halogens is 1. The fourth-order valence-corrected chi connectivity index (χ4v) is 1.94. The van der Waals surface area contributed by atoms with E-state index in [-0.39, 0.29) is 0 Å². The molecular weight excluding hydrogens is 239 g/mol. The molecule has 1 heterocycles. The summed E-state index contributed by atoms with van der Waals surface area (Å²) in [5.41, 5.74) is 0.959. The molecule has 1 atom stereocenters. The molecule has 7 heteroatoms. The first-order valence-corrected chi connectivity index (χ1v) is 5.92. The maximum absolute atomic E-state index is 11.6. The first-order chi connectivity index (χ1) is 7.61. The summed E-state index contributed by atoms with van der Waals surface area (Å²) < 4.78 is 45.2. The van der Waals surface area contributed by atoms with Crippen molar-refractivity contribution in [3.8, 4) is 5.75 Å². The Morgan fingerprint density at radius 1 is 1.38 bits per heavy atom. The number of benzene rings is 1. The van der Waals surface area contributed by atoms with Gasteiger partial charge in [-0.2, -0.15) is 8.42 Å². The fraction of sp³-hybridized carbons (Fsp3) is 0.333. The summed E-state index contributed by atoms with van der Waals surface area (Å²) in [6.45, 7) is 0. The highest BCUT2D eigenvalue weighted by atomic mass is 32.3. The van der Waals surface area contributed by atoms with E-state index in [0.29, 0.717) is 18.6 Å². The Morgan fingerprint density at radius 3 is 2.88 bits per heavy atom. The molecule has 1 unspecified atom stereocenters. The molecule has 5 nitrogen and oxygen atoms in total. The number of ether oxygens (including phenoxy) is 1. The number of hydrogen-bond acceptors (Lipinski definition) is 5. The minimum Gasteiger partial charge on any atom is -0.463 e. The Morgan fingerprint density at radius 2 is 2.12 bits per heavy atom. The van der Waals surface area contributed by atoms with Crippen molar-refractivity contribution in [2.24, 2.45) is 0 Å². The highest BCUT2D eigenvalue weighted by Gasteiger charge is 2.26. The molecule has 0 aliphatic carbocycles. The van der Waals surface area contributed by atoms with Crippen LogP contribution in [0.15, 0.2) is 24.3 Å². The molecule has 0 bridgehead atoms. The molecule has 0 radical (unpaired) electrons. The predicted molar refractivity (Wildman–Crippen MR) is 51.4 cm³/mol. The topological polar surface area (TPSA) is 61.8 Å². The van der Waals surface area contributed by atoms with E-state index in [1.807, 2.05) is 12.1 Å². The van der Waals surface area contributed by atoms with Gasteiger partial charge in [0.05, 0.1) is 0 Å². The maximum atomic E-state index is 11.6. The molecule has 1 aromatic rings. The second-order valence-corrected chi connectivity index (χ2v) is 4.40. The highest BCUT2D eigenvalue weighted by molar-refractivity contribution is 7.81. The van der Waals surface area contributed by atoms with E-state index in [0.717, 1.165) is 5.56 Å². The summed E-state index contributed by atoms with van der Waals surface area (Å²) in [4.78, 5) is 0. The zero-order valence-corrected chi connectivity index (χ0v) is 8.94. The summed E-state index contributed by atoms with van der Waals surface area (Å²) >= 11 is 0. The smallest absolute Gasteiger partial charge is 0.433 e. The van der Waals surface area contributed by atoms with Crippen molar-refractivity contribution in [3.63, 3.8) is 0 Å². The Balaban J connectivity index is 2.09. The highest BCUT2D eigenvalue weighted by Crippen LogP contribution is 2.28. The average molecular weight is 248 g/mol. The van der Waals surface area contributed by atoms with Crippen LogP contribution < -0.4 is 4.74 Å². The third kappa shape index (κ3) is 2.49. The van der Waals surface area contributed by atoms with Crippen molar-refractivity contribution in [2.75, 3.05) is 0 Å². The first kappa shape index (κ1) is 11.3. The molecule has 0 saturated heterocycles. The van der Waals surface area contributed by atoms with Crippen LogP contribution in [0, 0.1) is 0 Å². The predicted octanol–water partition coefficient (Wildman–Crippen LogP) is 1.50. The molecule has 0 fully saturated rings. The summed E-state index contributed by atoms with van der Waals surface area (Å²) in [5.74, 6) is 0.535. The minimum atomic E-state index is -4.61. The Labute approximate surface area is 92.0 Å². The van der Waals surface area contributed by atoms with Gasteiger partial charge in [0.25, 0.3) is 0 Å². The molecule has 1 aromatic carbocycles. The molecular formula is C9H9FO5S. The number of hydrogen-bond donors (Lipinski definition) is 0. The van der Waals surface area contributed by atoms with Gasteiger partial charge in [-0.3, -0.25) is 0 Å². The van der Waals surface area contributed by atoms with Crippen molar-refractivity contribution in [1.29, 1.82) is 0 Å². The molecule has 0 N–H and O–H groups in total. The van der Waals surface area contributed by atoms with Crippen molar-refractivity contribution < 1.29 is 26.3 Å². The van der Waals surface area contributed by atoms with Crippen LogP contribution in [-0.4, -0.2) is 14.7 Å². The molecule has 0 aromatic heterocycles. The molecule has 88 valence electrons. The van der Waals surface area contributed by atoms with Crippen molar-refractivity contribution in [1.82, 2.24) is 0 Å². The van der Waals surface area contributed by atoms with Gasteiger partial charge in [0.2, 0.25) is 6.29 Å². The number of aryl methyl sites for hydroxylation is 1. The molecule has 0 spiro atoms. The quantitative estimate of drug-likeness (QED) is 0.811. The van der Waals surface area contributed by atoms with Gasteiger partial charge in [0, 0.05) is 6.42 Å². The fourth-order valence-electron chi connectivity index (χ4n) is 1.51. The van der Waals surface area contributed by atoms with Crippen LogP contribution in [0.4, 0.5) is 4.53 Å². The van der Waals surface area contributed by atoms with E-state index in [2.05, 4.69) is 8.57 Å². The average Bonchev–Trinajstić information content (AvgIpc) is 2.28. The lowest BCUT2D eigenvalue weighted by Gasteiger charge is -2.24. The second-order valence-electron chi connectivity index (χ2n) is 3.26. The van der Waals surface area contributed by atoms with Crippen LogP contribution in [0.2, 0.25) is 0 Å². The molecule has 0 amide bonds. The zero-order chi connectivity index (χ0) is 11.6. The molecule has 2 rings (SSSR count). The Kier molecular flexibility index (Phi) is 3.08. The lowest BCUT2D eigenvalue weighted by molar-refractivity contribution is -0.0632. The van der Waals surface area contributed by atoms with Crippen molar-refractivity contribution in [3.05, 3.63) is 29.8 Å². The van der Waals surface area contributed by atoms with Gasteiger partial charge in [0.15, 0.2) is 0 Å². The van der Waals surface area contributed by atoms with E-state index < -0.39 is 16.7 Å². The lowest BCUT2D eigenvalue weighted by atomic mass is 10.1. The van der Waals surface area contributed by atoms with E-state index in [1.165, 1.54) is 0 Å². The van der Waals surface area contributed by atoms with Crippen LogP contribution >= 0.6 is 0 Å². The van der Waals surface area contributed by atoms with Gasteiger partial charge < -0.3 is 4.74 Å². The van der Waals surface area contributed by atoms with Crippen LogP contribution in [0.1, 0.15) is 12.0 Å². The summed E-state index contributed by atoms with van der Waals surface area (Å²) in [6.07, 6.45) is -0.127. The number of para-hydroxylation sites is 1. The normalized spacial score (nSPS) is 19.9. The van der Waals surface area contributed by atoms with Crippen LogP contribution in [0.3, 0.4) is 0 Å². The van der Waals surface area contributed by atoms with Gasteiger partial charge in [-0.15, -0.1) is 0 Å². The van der Waals surface area contributed by atoms with Gasteiger partial charge in [-0.05, 0) is 27.0 Å². The zero-order valence-electron chi connectivity index (χ0n) is 8.13. The number of fused-ring (bicyclic) bond motifs is 1. The maximum Gasteiger partial charge on any atom is 0.433 e. The van der Waals surface area contributed by atoms with Crippen molar-refractivity contribution in [2.45, 2.75) is 19.1 Å². The monoisotopic (exact) mass is 248 g/mol. The Bertz CT molecular complexity index is 473. The van der Waals surface area contributed by atoms with E-state index in [9.17, 15) is 12.9 Å². The molecule has 16 heavy (non-hydrogen) atoms. The van der Waals surface area contributed by atoms with Gasteiger partial charge in [-0.1, -0.05) is 18.2 Å². The summed E-state index contributed by atoms with van der Waals surface area (Å²) in [6, 6.07) is 7.16. The van der Waals surface area contributed by atoms with Gasteiger partial charge in [0.1, 0.15) is 5.75 Å². The molecule has 1 aliphatic heterocycles. The lowest BCUT2D eigenvalue weighted by Crippen LogP contribution is -2.28. The van der Waals surface area contributed by atoms with Gasteiger partial charge in [-0.25, -0.2) is 4.18 Å². The molecule has 0 saturated carbocycles. The third-order valence-corrected chi connectivity index (χ3v) is 2.79. The largest absolute Gasteiger partial charge is 0.463 e. The second kappa shape index (κ2) is 4.36. The van der Waals surface area contributed by atoms with E-state index in [4.69, 9.17) is 4.74 Å². The number of rotatable bonds is 3. The first-order valence-electron chi connectivity index (χ1n) is 4.59. The van der Waals surface area contributed by atoms with E-state index >= 15 is 0 Å². The minimum absolute atomic E-state index is 0.319. The Hall–Kier alpha value is -1.18. The summed E-state index contributed by atoms with van der Waals surface area (Å²) in [7, 11) is -4.61.